The first kappa shape index (κ1) is 13.8. The predicted octanol–water partition coefficient (Wildman–Crippen LogP) is 2.39. The summed E-state index contributed by atoms with van der Waals surface area (Å²) in [6, 6.07) is 0.510. The first-order valence-corrected chi connectivity index (χ1v) is 8.50. The van der Waals surface area contributed by atoms with E-state index in [0.717, 1.165) is 29.5 Å². The summed E-state index contributed by atoms with van der Waals surface area (Å²) in [7, 11) is 0. The number of piperidine rings is 1. The number of aromatic nitrogens is 3. The van der Waals surface area contributed by atoms with Gasteiger partial charge in [-0.25, -0.2) is 15.0 Å². The van der Waals surface area contributed by atoms with Crippen molar-refractivity contribution < 1.29 is 0 Å². The second kappa shape index (κ2) is 7.01. The number of thioether (sulfide) groups is 1. The van der Waals surface area contributed by atoms with E-state index >= 15 is 0 Å². The smallest absolute Gasteiger partial charge is 0.183 e. The molecule has 3 heterocycles. The van der Waals surface area contributed by atoms with E-state index in [1.54, 1.807) is 29.4 Å². The Morgan fingerprint density at radius 3 is 3.05 bits per heavy atom. The van der Waals surface area contributed by atoms with E-state index in [9.17, 15) is 0 Å². The van der Waals surface area contributed by atoms with Gasteiger partial charge in [0.05, 0.1) is 10.4 Å². The van der Waals surface area contributed by atoms with Gasteiger partial charge >= 0.3 is 0 Å². The van der Waals surface area contributed by atoms with Gasteiger partial charge in [-0.15, -0.1) is 11.8 Å². The summed E-state index contributed by atoms with van der Waals surface area (Å²) < 4.78 is 1.22. The predicted molar refractivity (Wildman–Crippen MR) is 83.2 cm³/mol. The van der Waals surface area contributed by atoms with Crippen LogP contribution < -0.4 is 10.6 Å². The molecular formula is C13H17N5S2. The van der Waals surface area contributed by atoms with E-state index in [-0.39, 0.29) is 0 Å². The fraction of sp³-hybridized carbons (Fsp3) is 0.462. The van der Waals surface area contributed by atoms with Crippen LogP contribution in [0.2, 0.25) is 0 Å². The molecule has 2 aromatic heterocycles. The van der Waals surface area contributed by atoms with Crippen LogP contribution in [0.5, 0.6) is 0 Å². The number of nitrogens with one attached hydrogen (secondary N) is 2. The highest BCUT2D eigenvalue weighted by Crippen LogP contribution is 2.30. The van der Waals surface area contributed by atoms with E-state index in [4.69, 9.17) is 0 Å². The van der Waals surface area contributed by atoms with E-state index in [1.807, 2.05) is 18.6 Å². The molecule has 1 aliphatic heterocycles. The molecule has 7 heteroatoms. The molecule has 0 unspecified atom stereocenters. The Labute approximate surface area is 126 Å². The van der Waals surface area contributed by atoms with E-state index in [2.05, 4.69) is 25.6 Å². The van der Waals surface area contributed by atoms with Gasteiger partial charge in [0, 0.05) is 30.7 Å². The van der Waals surface area contributed by atoms with Gasteiger partial charge in [-0.05, 0) is 24.9 Å². The van der Waals surface area contributed by atoms with E-state index < -0.39 is 0 Å². The molecule has 1 aliphatic rings. The van der Waals surface area contributed by atoms with Crippen LogP contribution >= 0.6 is 23.1 Å². The van der Waals surface area contributed by atoms with Crippen molar-refractivity contribution in [2.75, 3.05) is 18.4 Å². The molecule has 0 amide bonds. The molecule has 3 rings (SSSR count). The molecule has 0 bridgehead atoms. The zero-order chi connectivity index (χ0) is 13.6. The molecule has 0 aromatic carbocycles. The van der Waals surface area contributed by atoms with Crippen molar-refractivity contribution >= 4 is 28.2 Å². The minimum atomic E-state index is 0.510. The van der Waals surface area contributed by atoms with Crippen molar-refractivity contribution in [3.8, 4) is 0 Å². The van der Waals surface area contributed by atoms with Gasteiger partial charge in [0.15, 0.2) is 5.13 Å². The van der Waals surface area contributed by atoms with Crippen LogP contribution in [-0.4, -0.2) is 34.1 Å². The monoisotopic (exact) mass is 307 g/mol. The fourth-order valence-electron chi connectivity index (χ4n) is 2.10. The van der Waals surface area contributed by atoms with Crippen molar-refractivity contribution in [3.05, 3.63) is 30.5 Å². The number of hydrogen-bond acceptors (Lipinski definition) is 7. The summed E-state index contributed by atoms with van der Waals surface area (Å²) in [5, 5.41) is 7.93. The van der Waals surface area contributed by atoms with Crippen molar-refractivity contribution in [2.24, 2.45) is 0 Å². The highest BCUT2D eigenvalue weighted by Gasteiger charge is 2.14. The van der Waals surface area contributed by atoms with Crippen LogP contribution in [0, 0.1) is 0 Å². The summed E-state index contributed by atoms with van der Waals surface area (Å²) >= 11 is 3.49. The minimum absolute atomic E-state index is 0.510. The molecule has 0 radical (unpaired) electrons. The lowest BCUT2D eigenvalue weighted by Gasteiger charge is -2.23. The third-order valence-electron chi connectivity index (χ3n) is 3.10. The summed E-state index contributed by atoms with van der Waals surface area (Å²) in [5.41, 5.74) is 1.14. The fourth-order valence-corrected chi connectivity index (χ4v) is 3.96. The van der Waals surface area contributed by atoms with Gasteiger partial charge in [-0.2, -0.15) is 0 Å². The van der Waals surface area contributed by atoms with Crippen molar-refractivity contribution in [2.45, 2.75) is 28.8 Å². The molecule has 0 spiro atoms. The van der Waals surface area contributed by atoms with Gasteiger partial charge in [0.1, 0.15) is 6.33 Å². The third-order valence-corrected chi connectivity index (χ3v) is 5.30. The number of rotatable bonds is 5. The van der Waals surface area contributed by atoms with Gasteiger partial charge in [-0.3, -0.25) is 0 Å². The summed E-state index contributed by atoms with van der Waals surface area (Å²) in [5.74, 6) is 0.882. The Kier molecular flexibility index (Phi) is 4.83. The Bertz CT molecular complexity index is 525. The Morgan fingerprint density at radius 1 is 1.35 bits per heavy atom. The Balaban J connectivity index is 1.51. The largest absolute Gasteiger partial charge is 0.357 e. The average molecular weight is 307 g/mol. The molecule has 2 aromatic rings. The molecule has 0 aliphatic carbocycles. The van der Waals surface area contributed by atoms with Crippen LogP contribution in [0.25, 0.3) is 0 Å². The van der Waals surface area contributed by atoms with Crippen LogP contribution in [0.3, 0.4) is 0 Å². The first-order valence-electron chi connectivity index (χ1n) is 6.70. The second-order valence-corrected chi connectivity index (χ2v) is 7.01. The average Bonchev–Trinajstić information content (AvgIpc) is 2.95. The van der Waals surface area contributed by atoms with Crippen molar-refractivity contribution in [1.82, 2.24) is 20.3 Å². The second-order valence-electron chi connectivity index (χ2n) is 4.71. The number of anilines is 1. The summed E-state index contributed by atoms with van der Waals surface area (Å²) in [6.07, 6.45) is 9.66. The molecule has 1 saturated heterocycles. The minimum Gasteiger partial charge on any atom is -0.357 e. The van der Waals surface area contributed by atoms with Gasteiger partial charge in [0.25, 0.3) is 0 Å². The molecule has 106 valence electrons. The normalized spacial score (nSPS) is 18.9. The molecule has 5 nitrogen and oxygen atoms in total. The topological polar surface area (TPSA) is 62.7 Å². The maximum absolute atomic E-state index is 4.45. The molecule has 0 saturated carbocycles. The zero-order valence-corrected chi connectivity index (χ0v) is 12.7. The SMILES string of the molecule is c1ncc(CSc2cnc(N[C@@H]3CCCNC3)s2)cn1. The quantitative estimate of drug-likeness (QED) is 0.827. The summed E-state index contributed by atoms with van der Waals surface area (Å²) in [4.78, 5) is 12.5. The number of nitrogens with zero attached hydrogens (tertiary/aromatic N) is 3. The Morgan fingerprint density at radius 2 is 2.25 bits per heavy atom. The van der Waals surface area contributed by atoms with E-state index in [0.29, 0.717) is 6.04 Å². The maximum Gasteiger partial charge on any atom is 0.183 e. The van der Waals surface area contributed by atoms with Crippen LogP contribution in [-0.2, 0) is 5.75 Å². The lowest BCUT2D eigenvalue weighted by Crippen LogP contribution is -2.38. The maximum atomic E-state index is 4.45. The Hall–Kier alpha value is -1.18. The number of hydrogen-bond donors (Lipinski definition) is 2. The van der Waals surface area contributed by atoms with Gasteiger partial charge < -0.3 is 10.6 Å². The van der Waals surface area contributed by atoms with E-state index in [1.165, 1.54) is 17.1 Å². The summed E-state index contributed by atoms with van der Waals surface area (Å²) in [6.45, 7) is 2.17. The highest BCUT2D eigenvalue weighted by atomic mass is 32.2. The molecule has 20 heavy (non-hydrogen) atoms. The molecule has 2 N–H and O–H groups in total. The van der Waals surface area contributed by atoms with Crippen molar-refractivity contribution in [3.63, 3.8) is 0 Å². The van der Waals surface area contributed by atoms with Crippen molar-refractivity contribution in [1.29, 1.82) is 0 Å². The van der Waals surface area contributed by atoms with Gasteiger partial charge in [-0.1, -0.05) is 11.3 Å². The van der Waals surface area contributed by atoms with Gasteiger partial charge in [0.2, 0.25) is 0 Å². The molecular weight excluding hydrogens is 290 g/mol. The third kappa shape index (κ3) is 3.91. The standard InChI is InChI=1S/C13H17N5S2/c1-2-11(6-14-3-1)18-13-17-7-12(20-13)19-8-10-4-15-9-16-5-10/h4-5,7,9,11,14H,1-3,6,8H2,(H,17,18)/t11-/m1/s1. The lowest BCUT2D eigenvalue weighted by atomic mass is 10.1. The lowest BCUT2D eigenvalue weighted by molar-refractivity contribution is 0.480. The first-order chi connectivity index (χ1) is 9.90. The van der Waals surface area contributed by atoms with Crippen LogP contribution in [0.1, 0.15) is 18.4 Å². The van der Waals surface area contributed by atoms with Crippen LogP contribution in [0.15, 0.2) is 29.1 Å². The molecule has 1 atom stereocenters. The zero-order valence-electron chi connectivity index (χ0n) is 11.1. The number of thiazole rings is 1. The molecule has 1 fully saturated rings. The highest BCUT2D eigenvalue weighted by molar-refractivity contribution is 8.00. The van der Waals surface area contributed by atoms with Crippen LogP contribution in [0.4, 0.5) is 5.13 Å².